The molecule has 3 N–H and O–H groups in total. The molecule has 0 aliphatic carbocycles. The Bertz CT molecular complexity index is 272. The molecule has 0 spiro atoms. The van der Waals surface area contributed by atoms with E-state index in [-0.39, 0.29) is 11.3 Å². The zero-order valence-corrected chi connectivity index (χ0v) is 9.88. The van der Waals surface area contributed by atoms with E-state index < -0.39 is 12.0 Å². The van der Waals surface area contributed by atoms with Crippen LogP contribution in [0.3, 0.4) is 0 Å². The number of hydrogen-bond donors (Lipinski definition) is 3. The minimum Gasteiger partial charge on any atom is -0.480 e. The normalized spacial score (nSPS) is 21.1. The Hall–Kier alpha value is -1.10. The predicted octanol–water partition coefficient (Wildman–Crippen LogP) is 0.355. The number of carbonyl (C=O) groups excluding carboxylic acids is 1. The number of hydrogen-bond acceptors (Lipinski definition) is 3. The van der Waals surface area contributed by atoms with E-state index in [0.717, 1.165) is 32.4 Å². The van der Waals surface area contributed by atoms with E-state index >= 15 is 0 Å². The molecule has 16 heavy (non-hydrogen) atoms. The molecular formula is C11H20N2O3. The third kappa shape index (κ3) is 2.72. The number of piperidine rings is 1. The largest absolute Gasteiger partial charge is 0.480 e. The molecule has 1 amide bonds. The topological polar surface area (TPSA) is 78.4 Å². The van der Waals surface area contributed by atoms with Crippen LogP contribution >= 0.6 is 0 Å². The van der Waals surface area contributed by atoms with E-state index in [2.05, 4.69) is 10.6 Å². The van der Waals surface area contributed by atoms with Crippen LogP contribution in [0.2, 0.25) is 0 Å². The Morgan fingerprint density at radius 2 is 2.00 bits per heavy atom. The Balaban J connectivity index is 2.65. The Morgan fingerprint density at radius 1 is 1.44 bits per heavy atom. The molecule has 1 heterocycles. The zero-order chi connectivity index (χ0) is 12.2. The van der Waals surface area contributed by atoms with Gasteiger partial charge >= 0.3 is 5.97 Å². The van der Waals surface area contributed by atoms with Crippen LogP contribution in [0.15, 0.2) is 0 Å². The Kier molecular flexibility index (Phi) is 4.29. The SMILES string of the molecule is CCC1(C(=O)N[C@@H](C)C(=O)O)CCNCC1. The summed E-state index contributed by atoms with van der Waals surface area (Å²) < 4.78 is 0. The molecule has 1 saturated heterocycles. The van der Waals surface area contributed by atoms with Gasteiger partial charge in [-0.2, -0.15) is 0 Å². The number of nitrogens with one attached hydrogen (secondary N) is 2. The maximum atomic E-state index is 12.1. The summed E-state index contributed by atoms with van der Waals surface area (Å²) in [7, 11) is 0. The van der Waals surface area contributed by atoms with Gasteiger partial charge in [-0.1, -0.05) is 6.92 Å². The fraction of sp³-hybridized carbons (Fsp3) is 0.818. The van der Waals surface area contributed by atoms with Gasteiger partial charge in [0.2, 0.25) is 5.91 Å². The van der Waals surface area contributed by atoms with Crippen molar-refractivity contribution in [3.05, 3.63) is 0 Å². The molecule has 92 valence electrons. The summed E-state index contributed by atoms with van der Waals surface area (Å²) >= 11 is 0. The second-order valence-electron chi connectivity index (χ2n) is 4.42. The lowest BCUT2D eigenvalue weighted by Crippen LogP contribution is -2.51. The van der Waals surface area contributed by atoms with Gasteiger partial charge in [-0.15, -0.1) is 0 Å². The highest BCUT2D eigenvalue weighted by atomic mass is 16.4. The lowest BCUT2D eigenvalue weighted by Gasteiger charge is -2.35. The van der Waals surface area contributed by atoms with Crippen molar-refractivity contribution in [2.75, 3.05) is 13.1 Å². The van der Waals surface area contributed by atoms with Crippen molar-refractivity contribution in [2.45, 2.75) is 39.2 Å². The first-order chi connectivity index (χ1) is 7.52. The molecule has 1 aliphatic rings. The lowest BCUT2D eigenvalue weighted by molar-refractivity contribution is -0.144. The number of aliphatic carboxylic acids is 1. The first kappa shape index (κ1) is 13.0. The van der Waals surface area contributed by atoms with Crippen LogP contribution < -0.4 is 10.6 Å². The van der Waals surface area contributed by atoms with Crippen LogP contribution in [0.1, 0.15) is 33.1 Å². The number of carboxylic acids is 1. The van der Waals surface area contributed by atoms with Crippen LogP contribution in [0.4, 0.5) is 0 Å². The van der Waals surface area contributed by atoms with Crippen molar-refractivity contribution in [1.29, 1.82) is 0 Å². The van der Waals surface area contributed by atoms with Gasteiger partial charge in [0.15, 0.2) is 0 Å². The molecule has 1 rings (SSSR count). The molecule has 0 aromatic heterocycles. The van der Waals surface area contributed by atoms with Crippen LogP contribution in [-0.2, 0) is 9.59 Å². The van der Waals surface area contributed by atoms with Crippen molar-refractivity contribution in [2.24, 2.45) is 5.41 Å². The van der Waals surface area contributed by atoms with Crippen molar-refractivity contribution in [3.8, 4) is 0 Å². The second-order valence-corrected chi connectivity index (χ2v) is 4.42. The van der Waals surface area contributed by atoms with Crippen LogP contribution in [0.25, 0.3) is 0 Å². The first-order valence-electron chi connectivity index (χ1n) is 5.76. The lowest BCUT2D eigenvalue weighted by atomic mass is 9.75. The summed E-state index contributed by atoms with van der Waals surface area (Å²) in [5, 5.41) is 14.5. The average molecular weight is 228 g/mol. The summed E-state index contributed by atoms with van der Waals surface area (Å²) in [5.74, 6) is -1.11. The molecule has 1 atom stereocenters. The molecule has 0 aromatic carbocycles. The third-order valence-corrected chi connectivity index (χ3v) is 3.44. The Labute approximate surface area is 95.6 Å². The van der Waals surface area contributed by atoms with Crippen molar-refractivity contribution in [3.63, 3.8) is 0 Å². The van der Waals surface area contributed by atoms with Gasteiger partial charge in [0.1, 0.15) is 6.04 Å². The molecule has 0 radical (unpaired) electrons. The molecule has 0 aromatic rings. The molecule has 5 heteroatoms. The number of carbonyl (C=O) groups is 2. The Morgan fingerprint density at radius 3 is 2.44 bits per heavy atom. The smallest absolute Gasteiger partial charge is 0.325 e. The zero-order valence-electron chi connectivity index (χ0n) is 9.88. The number of amides is 1. The minimum absolute atomic E-state index is 0.119. The van der Waals surface area contributed by atoms with Gasteiger partial charge in [-0.05, 0) is 39.3 Å². The quantitative estimate of drug-likeness (QED) is 0.649. The van der Waals surface area contributed by atoms with E-state index in [1.807, 2.05) is 6.92 Å². The monoisotopic (exact) mass is 228 g/mol. The standard InChI is InChI=1S/C11H20N2O3/c1-3-11(4-6-12-7-5-11)10(16)13-8(2)9(14)15/h8,12H,3-7H2,1-2H3,(H,13,16)(H,14,15)/t8-/m0/s1. The summed E-state index contributed by atoms with van der Waals surface area (Å²) in [4.78, 5) is 22.7. The van der Waals surface area contributed by atoms with Crippen molar-refractivity contribution < 1.29 is 14.7 Å². The van der Waals surface area contributed by atoms with Gasteiger partial charge in [-0.3, -0.25) is 9.59 Å². The second kappa shape index (κ2) is 5.30. The maximum absolute atomic E-state index is 12.1. The highest BCUT2D eigenvalue weighted by Gasteiger charge is 2.38. The van der Waals surface area contributed by atoms with E-state index in [4.69, 9.17) is 5.11 Å². The molecule has 5 nitrogen and oxygen atoms in total. The predicted molar refractivity (Wildman–Crippen MR) is 60.1 cm³/mol. The van der Waals surface area contributed by atoms with E-state index in [9.17, 15) is 9.59 Å². The summed E-state index contributed by atoms with van der Waals surface area (Å²) in [6.45, 7) is 5.12. The summed E-state index contributed by atoms with van der Waals surface area (Å²) in [5.41, 5.74) is -0.380. The van der Waals surface area contributed by atoms with Gasteiger partial charge < -0.3 is 15.7 Å². The number of carboxylic acid groups (broad SMARTS) is 1. The minimum atomic E-state index is -0.992. The molecule has 0 bridgehead atoms. The van der Waals surface area contributed by atoms with Crippen LogP contribution in [-0.4, -0.2) is 36.1 Å². The van der Waals surface area contributed by atoms with Gasteiger partial charge in [0.05, 0.1) is 5.41 Å². The first-order valence-corrected chi connectivity index (χ1v) is 5.76. The highest BCUT2D eigenvalue weighted by molar-refractivity contribution is 5.87. The van der Waals surface area contributed by atoms with Gasteiger partial charge in [0, 0.05) is 0 Å². The molecule has 0 saturated carbocycles. The average Bonchev–Trinajstić information content (AvgIpc) is 2.29. The van der Waals surface area contributed by atoms with Crippen molar-refractivity contribution >= 4 is 11.9 Å². The van der Waals surface area contributed by atoms with Gasteiger partial charge in [0.25, 0.3) is 0 Å². The fourth-order valence-corrected chi connectivity index (χ4v) is 2.06. The van der Waals surface area contributed by atoms with E-state index in [1.165, 1.54) is 6.92 Å². The van der Waals surface area contributed by atoms with Gasteiger partial charge in [-0.25, -0.2) is 0 Å². The van der Waals surface area contributed by atoms with E-state index in [1.54, 1.807) is 0 Å². The van der Waals surface area contributed by atoms with Crippen LogP contribution in [0.5, 0.6) is 0 Å². The molecule has 1 aliphatic heterocycles. The van der Waals surface area contributed by atoms with Crippen molar-refractivity contribution in [1.82, 2.24) is 10.6 Å². The maximum Gasteiger partial charge on any atom is 0.325 e. The number of rotatable bonds is 4. The fourth-order valence-electron chi connectivity index (χ4n) is 2.06. The third-order valence-electron chi connectivity index (χ3n) is 3.44. The van der Waals surface area contributed by atoms with E-state index in [0.29, 0.717) is 0 Å². The molecule has 1 fully saturated rings. The summed E-state index contributed by atoms with van der Waals surface area (Å²) in [6, 6.07) is -0.814. The molecular weight excluding hydrogens is 208 g/mol. The highest BCUT2D eigenvalue weighted by Crippen LogP contribution is 2.32. The van der Waals surface area contributed by atoms with Crippen LogP contribution in [0, 0.1) is 5.41 Å². The summed E-state index contributed by atoms with van der Waals surface area (Å²) in [6.07, 6.45) is 2.32. The molecule has 0 unspecified atom stereocenters.